The van der Waals surface area contributed by atoms with Crippen LogP contribution < -0.4 is 10.1 Å². The van der Waals surface area contributed by atoms with Gasteiger partial charge >= 0.3 is 6.36 Å². The van der Waals surface area contributed by atoms with Crippen molar-refractivity contribution in [3.05, 3.63) is 28.8 Å². The molecule has 0 aliphatic carbocycles. The summed E-state index contributed by atoms with van der Waals surface area (Å²) < 4.78 is 40.0. The Morgan fingerprint density at radius 1 is 1.39 bits per heavy atom. The fraction of sp³-hybridized carbons (Fsp3) is 0.385. The molecule has 0 saturated heterocycles. The van der Waals surface area contributed by atoms with Crippen molar-refractivity contribution in [1.82, 2.24) is 5.32 Å². The number of carbonyl (C=O) groups excluding carboxylic acids is 2. The van der Waals surface area contributed by atoms with Gasteiger partial charge in [0.25, 0.3) is 5.91 Å². The van der Waals surface area contributed by atoms with E-state index < -0.39 is 47.6 Å². The van der Waals surface area contributed by atoms with Gasteiger partial charge in [-0.2, -0.15) is 0 Å². The number of Topliss-reactive ketones (excluding diaryl/α,β-unsaturated/α-hetero) is 1. The van der Waals surface area contributed by atoms with E-state index in [9.17, 15) is 27.9 Å². The van der Waals surface area contributed by atoms with Gasteiger partial charge in [0.1, 0.15) is 18.4 Å². The van der Waals surface area contributed by atoms with Crippen LogP contribution in [0.4, 0.5) is 13.2 Å². The minimum Gasteiger partial charge on any atom is -0.404 e. The largest absolute Gasteiger partial charge is 0.573 e. The highest BCUT2D eigenvalue weighted by Crippen LogP contribution is 2.30. The number of ether oxygens (including phenoxy) is 1. The standard InChI is InChI=1S/C13H13ClF3NO5/c1-6(20)11(9(21)5-19)18-12(22)7-2-3-10(8(14)4-7)23-13(15,16)17/h2-4,6,11,19-20H,5H2,1H3,(H,18,22)/t6-,11-/m0/s1. The van der Waals surface area contributed by atoms with Gasteiger partial charge in [-0.15, -0.1) is 13.2 Å². The molecule has 6 nitrogen and oxygen atoms in total. The van der Waals surface area contributed by atoms with Crippen LogP contribution in [0.3, 0.4) is 0 Å². The Hall–Kier alpha value is -1.84. The first-order chi connectivity index (χ1) is 10.5. The van der Waals surface area contributed by atoms with Crippen LogP contribution in [0, 0.1) is 0 Å². The molecule has 0 aliphatic rings. The molecule has 0 fully saturated rings. The molecular weight excluding hydrogens is 343 g/mol. The third kappa shape index (κ3) is 5.70. The second-order valence-electron chi connectivity index (χ2n) is 4.51. The summed E-state index contributed by atoms with van der Waals surface area (Å²) in [6, 6.07) is 1.40. The normalized spacial score (nSPS) is 14.0. The first-order valence-electron chi connectivity index (χ1n) is 6.23. The summed E-state index contributed by atoms with van der Waals surface area (Å²) in [5.74, 6) is -2.37. The van der Waals surface area contributed by atoms with Crippen LogP contribution in [0.5, 0.6) is 5.75 Å². The summed E-state index contributed by atoms with van der Waals surface area (Å²) in [6.45, 7) is 0.334. The summed E-state index contributed by atoms with van der Waals surface area (Å²) >= 11 is 5.61. The molecule has 0 aromatic heterocycles. The quantitative estimate of drug-likeness (QED) is 0.714. The Bertz CT molecular complexity index is 591. The number of alkyl halides is 3. The van der Waals surface area contributed by atoms with Crippen LogP contribution in [0.1, 0.15) is 17.3 Å². The van der Waals surface area contributed by atoms with Crippen LogP contribution in [0.2, 0.25) is 5.02 Å². The number of amides is 1. The third-order valence-corrected chi connectivity index (χ3v) is 2.99. The Balaban J connectivity index is 2.92. The molecule has 3 N–H and O–H groups in total. The average Bonchev–Trinajstić information content (AvgIpc) is 2.44. The van der Waals surface area contributed by atoms with Crippen LogP contribution in [-0.2, 0) is 4.79 Å². The zero-order valence-electron chi connectivity index (χ0n) is 11.7. The van der Waals surface area contributed by atoms with Gasteiger partial charge in [0.15, 0.2) is 5.78 Å². The zero-order chi connectivity index (χ0) is 17.8. The predicted molar refractivity (Wildman–Crippen MR) is 73.2 cm³/mol. The summed E-state index contributed by atoms with van der Waals surface area (Å²) in [5.41, 5.74) is -0.152. The molecule has 0 radical (unpaired) electrons. The highest BCUT2D eigenvalue weighted by Gasteiger charge is 2.32. The lowest BCUT2D eigenvalue weighted by Gasteiger charge is -2.19. The van der Waals surface area contributed by atoms with Gasteiger partial charge in [-0.1, -0.05) is 11.6 Å². The number of rotatable bonds is 6. The maximum absolute atomic E-state index is 12.1. The van der Waals surface area contributed by atoms with Crippen molar-refractivity contribution in [2.24, 2.45) is 0 Å². The molecule has 1 amide bonds. The third-order valence-electron chi connectivity index (χ3n) is 2.69. The summed E-state index contributed by atoms with van der Waals surface area (Å²) in [4.78, 5) is 23.4. The second-order valence-corrected chi connectivity index (χ2v) is 4.92. The molecule has 10 heteroatoms. The Morgan fingerprint density at radius 3 is 2.43 bits per heavy atom. The number of hydrogen-bond acceptors (Lipinski definition) is 5. The molecule has 0 bridgehead atoms. The SMILES string of the molecule is C[C@H](O)[C@H](NC(=O)c1ccc(OC(F)(F)F)c(Cl)c1)C(=O)CO. The number of halogens is 4. The first-order valence-corrected chi connectivity index (χ1v) is 6.60. The van der Waals surface area contributed by atoms with Crippen LogP contribution in [0.25, 0.3) is 0 Å². The molecular formula is C13H13ClF3NO5. The maximum atomic E-state index is 12.1. The highest BCUT2D eigenvalue weighted by molar-refractivity contribution is 6.32. The number of carbonyl (C=O) groups is 2. The highest BCUT2D eigenvalue weighted by atomic mass is 35.5. The summed E-state index contributed by atoms with van der Waals surface area (Å²) in [5, 5.41) is 19.9. The van der Waals surface area contributed by atoms with Gasteiger partial charge in [-0.3, -0.25) is 9.59 Å². The Kier molecular flexibility index (Phi) is 6.37. The lowest BCUT2D eigenvalue weighted by Crippen LogP contribution is -2.48. The van der Waals surface area contributed by atoms with E-state index in [1.165, 1.54) is 6.92 Å². The predicted octanol–water partition coefficient (Wildman–Crippen LogP) is 1.28. The number of nitrogens with one attached hydrogen (secondary N) is 1. The van der Waals surface area contributed by atoms with Gasteiger partial charge in [0.2, 0.25) is 0 Å². The number of aliphatic hydroxyl groups excluding tert-OH is 2. The summed E-state index contributed by atoms with van der Waals surface area (Å²) in [7, 11) is 0. The molecule has 0 saturated carbocycles. The van der Waals surface area contributed by atoms with Gasteiger partial charge < -0.3 is 20.3 Å². The molecule has 1 rings (SSSR count). The number of aliphatic hydroxyl groups is 2. The lowest BCUT2D eigenvalue weighted by atomic mass is 10.1. The molecule has 0 aliphatic heterocycles. The molecule has 23 heavy (non-hydrogen) atoms. The molecule has 0 spiro atoms. The van der Waals surface area contributed by atoms with E-state index in [0.29, 0.717) is 0 Å². The monoisotopic (exact) mass is 355 g/mol. The molecule has 1 aromatic rings. The van der Waals surface area contributed by atoms with E-state index >= 15 is 0 Å². The van der Waals surface area contributed by atoms with E-state index in [0.717, 1.165) is 18.2 Å². The van der Waals surface area contributed by atoms with Crippen molar-refractivity contribution in [3.8, 4) is 5.75 Å². The average molecular weight is 356 g/mol. The van der Waals surface area contributed by atoms with Crippen molar-refractivity contribution in [1.29, 1.82) is 0 Å². The van der Waals surface area contributed by atoms with E-state index in [-0.39, 0.29) is 5.56 Å². The number of hydrogen-bond donors (Lipinski definition) is 3. The topological polar surface area (TPSA) is 95.9 Å². The second kappa shape index (κ2) is 7.62. The fourth-order valence-corrected chi connectivity index (χ4v) is 1.86. The summed E-state index contributed by atoms with van der Waals surface area (Å²) in [6.07, 6.45) is -6.21. The Morgan fingerprint density at radius 2 is 2.00 bits per heavy atom. The van der Waals surface area contributed by atoms with Crippen molar-refractivity contribution in [2.45, 2.75) is 25.4 Å². The van der Waals surface area contributed by atoms with E-state index in [4.69, 9.17) is 16.7 Å². The minimum atomic E-state index is -4.93. The lowest BCUT2D eigenvalue weighted by molar-refractivity contribution is -0.274. The van der Waals surface area contributed by atoms with Crippen LogP contribution >= 0.6 is 11.6 Å². The first kappa shape index (κ1) is 19.2. The van der Waals surface area contributed by atoms with Crippen LogP contribution in [-0.4, -0.2) is 47.0 Å². The minimum absolute atomic E-state index is 0.152. The molecule has 1 aromatic carbocycles. The smallest absolute Gasteiger partial charge is 0.404 e. The van der Waals surface area contributed by atoms with Crippen molar-refractivity contribution < 1.29 is 37.7 Å². The van der Waals surface area contributed by atoms with Gasteiger partial charge in [-0.05, 0) is 25.1 Å². The van der Waals surface area contributed by atoms with Crippen LogP contribution in [0.15, 0.2) is 18.2 Å². The van der Waals surface area contributed by atoms with Crippen molar-refractivity contribution >= 4 is 23.3 Å². The number of ketones is 1. The van der Waals surface area contributed by atoms with Gasteiger partial charge in [0.05, 0.1) is 11.1 Å². The van der Waals surface area contributed by atoms with Crippen molar-refractivity contribution in [3.63, 3.8) is 0 Å². The Labute approximate surface area is 133 Å². The van der Waals surface area contributed by atoms with Crippen molar-refractivity contribution in [2.75, 3.05) is 6.61 Å². The van der Waals surface area contributed by atoms with E-state index in [2.05, 4.69) is 10.1 Å². The van der Waals surface area contributed by atoms with E-state index in [1.54, 1.807) is 0 Å². The molecule has 2 atom stereocenters. The van der Waals surface area contributed by atoms with E-state index in [1.807, 2.05) is 0 Å². The maximum Gasteiger partial charge on any atom is 0.573 e. The number of benzene rings is 1. The molecule has 128 valence electrons. The molecule has 0 unspecified atom stereocenters. The van der Waals surface area contributed by atoms with Gasteiger partial charge in [0, 0.05) is 5.56 Å². The fourth-order valence-electron chi connectivity index (χ4n) is 1.64. The zero-order valence-corrected chi connectivity index (χ0v) is 12.5. The van der Waals surface area contributed by atoms with Gasteiger partial charge in [-0.25, -0.2) is 0 Å². The molecule has 0 heterocycles.